The van der Waals surface area contributed by atoms with Gasteiger partial charge in [0, 0.05) is 30.2 Å². The summed E-state index contributed by atoms with van der Waals surface area (Å²) in [7, 11) is -0.137. The van der Waals surface area contributed by atoms with E-state index in [1.807, 2.05) is 19.2 Å². The molecule has 0 radical (unpaired) electrons. The number of para-hydroxylation sites is 1. The van der Waals surface area contributed by atoms with Gasteiger partial charge in [0.05, 0.1) is 23.6 Å². The second-order valence-electron chi connectivity index (χ2n) is 6.39. The standard InChI is InChI=1S/C19H19ClN2O3S/c1-21-17-6-4-3-5-14(17)15-9-10-22(12-18(15)21)26(23,24)13-7-8-19(25-2)16(20)11-13/h3-8,11H,9-10,12H2,1-2H3. The molecule has 0 spiro atoms. The van der Waals surface area contributed by atoms with Crippen molar-refractivity contribution in [2.75, 3.05) is 13.7 Å². The number of benzene rings is 2. The van der Waals surface area contributed by atoms with Gasteiger partial charge in [0.25, 0.3) is 0 Å². The molecule has 2 heterocycles. The number of hydrogen-bond donors (Lipinski definition) is 0. The molecule has 0 aliphatic carbocycles. The van der Waals surface area contributed by atoms with Gasteiger partial charge in [-0.25, -0.2) is 8.42 Å². The van der Waals surface area contributed by atoms with Gasteiger partial charge in [-0.05, 0) is 36.2 Å². The lowest BCUT2D eigenvalue weighted by Gasteiger charge is -2.27. The molecular formula is C19H19ClN2O3S. The lowest BCUT2D eigenvalue weighted by molar-refractivity contribution is 0.382. The van der Waals surface area contributed by atoms with Crippen LogP contribution >= 0.6 is 11.6 Å². The van der Waals surface area contributed by atoms with Crippen molar-refractivity contribution in [3.8, 4) is 5.75 Å². The first-order valence-corrected chi connectivity index (χ1v) is 10.1. The summed E-state index contributed by atoms with van der Waals surface area (Å²) in [6, 6.07) is 12.8. The molecule has 3 aromatic rings. The van der Waals surface area contributed by atoms with E-state index in [1.165, 1.54) is 34.5 Å². The summed E-state index contributed by atoms with van der Waals surface area (Å²) in [5, 5.41) is 1.49. The highest BCUT2D eigenvalue weighted by atomic mass is 35.5. The number of fused-ring (bicyclic) bond motifs is 3. The van der Waals surface area contributed by atoms with Gasteiger partial charge in [-0.15, -0.1) is 0 Å². The molecule has 0 N–H and O–H groups in total. The average Bonchev–Trinajstić information content (AvgIpc) is 2.94. The second-order valence-corrected chi connectivity index (χ2v) is 8.73. The predicted molar refractivity (Wildman–Crippen MR) is 102 cm³/mol. The van der Waals surface area contributed by atoms with Crippen LogP contribution in [0, 0.1) is 0 Å². The Balaban J connectivity index is 1.73. The van der Waals surface area contributed by atoms with Crippen LogP contribution in [0.1, 0.15) is 11.3 Å². The molecule has 0 fully saturated rings. The first-order chi connectivity index (χ1) is 12.4. The van der Waals surface area contributed by atoms with E-state index in [9.17, 15) is 8.42 Å². The topological polar surface area (TPSA) is 51.5 Å². The van der Waals surface area contributed by atoms with Crippen LogP contribution in [-0.4, -0.2) is 30.9 Å². The lowest BCUT2D eigenvalue weighted by atomic mass is 10.1. The number of aryl methyl sites for hydroxylation is 1. The molecule has 0 saturated heterocycles. The molecule has 26 heavy (non-hydrogen) atoms. The highest BCUT2D eigenvalue weighted by molar-refractivity contribution is 7.89. The summed E-state index contributed by atoms with van der Waals surface area (Å²) in [5.74, 6) is 0.459. The minimum absolute atomic E-state index is 0.186. The van der Waals surface area contributed by atoms with E-state index in [0.29, 0.717) is 25.3 Å². The van der Waals surface area contributed by atoms with E-state index < -0.39 is 10.0 Å². The van der Waals surface area contributed by atoms with Gasteiger partial charge in [-0.2, -0.15) is 4.31 Å². The fourth-order valence-corrected chi connectivity index (χ4v) is 5.40. The molecule has 2 aromatic carbocycles. The number of ether oxygens (including phenoxy) is 1. The maximum atomic E-state index is 13.1. The summed E-state index contributed by atoms with van der Waals surface area (Å²) in [5.41, 5.74) is 3.41. The molecule has 0 unspecified atom stereocenters. The summed E-state index contributed by atoms with van der Waals surface area (Å²) < 4.78 is 34.9. The van der Waals surface area contributed by atoms with Gasteiger partial charge in [0.2, 0.25) is 10.0 Å². The van der Waals surface area contributed by atoms with Gasteiger partial charge < -0.3 is 9.30 Å². The SMILES string of the molecule is COc1ccc(S(=O)(=O)N2CCc3c(n(C)c4ccccc34)C2)cc1Cl. The fraction of sp³-hybridized carbons (Fsp3) is 0.263. The highest BCUT2D eigenvalue weighted by Crippen LogP contribution is 2.33. The van der Waals surface area contributed by atoms with Gasteiger partial charge in [-0.1, -0.05) is 29.8 Å². The quantitative estimate of drug-likeness (QED) is 0.686. The zero-order chi connectivity index (χ0) is 18.5. The second kappa shape index (κ2) is 6.30. The third kappa shape index (κ3) is 2.60. The Labute approximate surface area is 157 Å². The first-order valence-electron chi connectivity index (χ1n) is 8.32. The van der Waals surface area contributed by atoms with E-state index in [2.05, 4.69) is 16.7 Å². The van der Waals surface area contributed by atoms with Crippen LogP contribution < -0.4 is 4.74 Å². The van der Waals surface area contributed by atoms with Crippen molar-refractivity contribution in [2.24, 2.45) is 7.05 Å². The van der Waals surface area contributed by atoms with Crippen molar-refractivity contribution in [3.63, 3.8) is 0 Å². The molecule has 4 rings (SSSR count). The van der Waals surface area contributed by atoms with E-state index in [1.54, 1.807) is 6.07 Å². The van der Waals surface area contributed by atoms with Crippen LogP contribution in [-0.2, 0) is 30.0 Å². The molecule has 1 aromatic heterocycles. The molecule has 5 nitrogen and oxygen atoms in total. The summed E-state index contributed by atoms with van der Waals surface area (Å²) in [6.45, 7) is 0.805. The van der Waals surface area contributed by atoms with Crippen molar-refractivity contribution in [1.82, 2.24) is 8.87 Å². The van der Waals surface area contributed by atoms with Gasteiger partial charge in [0.15, 0.2) is 0 Å². The summed E-state index contributed by atoms with van der Waals surface area (Å²) in [4.78, 5) is 0.186. The molecule has 136 valence electrons. The number of halogens is 1. The Morgan fingerprint density at radius 2 is 1.92 bits per heavy atom. The number of sulfonamides is 1. The zero-order valence-corrected chi connectivity index (χ0v) is 16.1. The number of rotatable bonds is 3. The molecule has 0 amide bonds. The van der Waals surface area contributed by atoms with Crippen LogP contribution in [0.25, 0.3) is 10.9 Å². The van der Waals surface area contributed by atoms with E-state index in [0.717, 1.165) is 11.2 Å². The molecule has 7 heteroatoms. The first kappa shape index (κ1) is 17.4. The molecule has 1 aliphatic rings. The zero-order valence-electron chi connectivity index (χ0n) is 14.6. The van der Waals surface area contributed by atoms with Crippen LogP contribution in [0.15, 0.2) is 47.4 Å². The number of hydrogen-bond acceptors (Lipinski definition) is 3. The third-order valence-electron chi connectivity index (χ3n) is 5.04. The van der Waals surface area contributed by atoms with Crippen molar-refractivity contribution < 1.29 is 13.2 Å². The average molecular weight is 391 g/mol. The Kier molecular flexibility index (Phi) is 4.22. The molecule has 0 atom stereocenters. The van der Waals surface area contributed by atoms with Crippen molar-refractivity contribution in [2.45, 2.75) is 17.9 Å². The van der Waals surface area contributed by atoms with Gasteiger partial charge >= 0.3 is 0 Å². The number of nitrogens with zero attached hydrogens (tertiary/aromatic N) is 2. The minimum atomic E-state index is -3.63. The largest absolute Gasteiger partial charge is 0.495 e. The van der Waals surface area contributed by atoms with E-state index in [-0.39, 0.29) is 9.92 Å². The van der Waals surface area contributed by atoms with E-state index in [4.69, 9.17) is 16.3 Å². The van der Waals surface area contributed by atoms with Crippen LogP contribution in [0.5, 0.6) is 5.75 Å². The highest BCUT2D eigenvalue weighted by Gasteiger charge is 2.31. The maximum absolute atomic E-state index is 13.1. The van der Waals surface area contributed by atoms with Crippen molar-refractivity contribution in [1.29, 1.82) is 0 Å². The van der Waals surface area contributed by atoms with Crippen molar-refractivity contribution >= 4 is 32.5 Å². The minimum Gasteiger partial charge on any atom is -0.495 e. The third-order valence-corrected chi connectivity index (χ3v) is 7.18. The predicted octanol–water partition coefficient (Wildman–Crippen LogP) is 3.59. The van der Waals surface area contributed by atoms with Crippen LogP contribution in [0.4, 0.5) is 0 Å². The Morgan fingerprint density at radius 1 is 1.15 bits per heavy atom. The fourth-order valence-electron chi connectivity index (χ4n) is 3.65. The normalized spacial score (nSPS) is 15.2. The van der Waals surface area contributed by atoms with Crippen LogP contribution in [0.3, 0.4) is 0 Å². The molecule has 0 saturated carbocycles. The van der Waals surface area contributed by atoms with E-state index >= 15 is 0 Å². The molecule has 0 bridgehead atoms. The number of methoxy groups -OCH3 is 1. The monoisotopic (exact) mass is 390 g/mol. The van der Waals surface area contributed by atoms with Crippen LogP contribution in [0.2, 0.25) is 5.02 Å². The Morgan fingerprint density at radius 3 is 2.65 bits per heavy atom. The smallest absolute Gasteiger partial charge is 0.243 e. The Hall–Kier alpha value is -2.02. The van der Waals surface area contributed by atoms with Crippen molar-refractivity contribution in [3.05, 3.63) is 58.7 Å². The number of aromatic nitrogens is 1. The molecule has 1 aliphatic heterocycles. The van der Waals surface area contributed by atoms with Gasteiger partial charge in [0.1, 0.15) is 5.75 Å². The lowest BCUT2D eigenvalue weighted by Crippen LogP contribution is -2.36. The van der Waals surface area contributed by atoms with Gasteiger partial charge in [-0.3, -0.25) is 0 Å². The maximum Gasteiger partial charge on any atom is 0.243 e. The summed E-state index contributed by atoms with van der Waals surface area (Å²) in [6.07, 6.45) is 0.694. The Bertz CT molecular complexity index is 1110. The molecular weight excluding hydrogens is 372 g/mol. The summed E-state index contributed by atoms with van der Waals surface area (Å²) >= 11 is 6.12.